The summed E-state index contributed by atoms with van der Waals surface area (Å²) in [6, 6.07) is 9.58. The molecule has 1 aliphatic rings. The zero-order valence-corrected chi connectivity index (χ0v) is 14.7. The second kappa shape index (κ2) is 6.68. The molecule has 128 valence electrons. The number of pyridine rings is 1. The minimum absolute atomic E-state index is 0.0859. The third kappa shape index (κ3) is 3.15. The molecule has 1 aliphatic heterocycles. The lowest BCUT2D eigenvalue weighted by Gasteiger charge is -2.36. The first-order valence-electron chi connectivity index (χ1n) is 8.12. The Labute approximate surface area is 149 Å². The Morgan fingerprint density at radius 2 is 1.96 bits per heavy atom. The highest BCUT2D eigenvalue weighted by molar-refractivity contribution is 7.16. The molecule has 6 nitrogen and oxygen atoms in total. The van der Waals surface area contributed by atoms with E-state index in [1.165, 1.54) is 0 Å². The second-order valence-electron chi connectivity index (χ2n) is 5.87. The fourth-order valence-corrected chi connectivity index (χ4v) is 3.74. The number of benzene rings is 1. The molecule has 2 aromatic heterocycles. The van der Waals surface area contributed by atoms with E-state index in [1.807, 2.05) is 41.4 Å². The van der Waals surface area contributed by atoms with Crippen molar-refractivity contribution in [3.8, 4) is 5.88 Å². The summed E-state index contributed by atoms with van der Waals surface area (Å²) in [5.41, 5.74) is 4.54. The van der Waals surface area contributed by atoms with E-state index in [0.717, 1.165) is 34.6 Å². The summed E-state index contributed by atoms with van der Waals surface area (Å²) in [6.07, 6.45) is 1.81. The highest BCUT2D eigenvalue weighted by Gasteiger charge is 2.22. The van der Waals surface area contributed by atoms with Crippen LogP contribution in [0.4, 0.5) is 5.69 Å². The Balaban J connectivity index is 1.42. The average Bonchev–Trinajstić information content (AvgIpc) is 3.15. The minimum Gasteiger partial charge on any atom is -0.481 e. The fourth-order valence-electron chi connectivity index (χ4n) is 3.02. The number of thiazole rings is 1. The SMILES string of the molecule is COc1ccc(N2CCN(C(=O)c3ccc4ncsc4c3)CC2)cn1. The fraction of sp³-hybridized carbons (Fsp3) is 0.278. The van der Waals surface area contributed by atoms with Gasteiger partial charge in [0, 0.05) is 37.8 Å². The van der Waals surface area contributed by atoms with E-state index in [2.05, 4.69) is 14.9 Å². The third-order valence-electron chi connectivity index (χ3n) is 4.44. The van der Waals surface area contributed by atoms with Crippen LogP contribution in [-0.4, -0.2) is 54.1 Å². The first-order valence-corrected chi connectivity index (χ1v) is 9.00. The molecule has 3 heterocycles. The number of nitrogens with zero attached hydrogens (tertiary/aromatic N) is 4. The Kier molecular flexibility index (Phi) is 4.23. The number of fused-ring (bicyclic) bond motifs is 1. The molecule has 0 unspecified atom stereocenters. The molecule has 4 rings (SSSR count). The number of aromatic nitrogens is 2. The van der Waals surface area contributed by atoms with Gasteiger partial charge in [-0.15, -0.1) is 11.3 Å². The number of piperazine rings is 1. The molecule has 0 radical (unpaired) electrons. The Morgan fingerprint density at radius 1 is 1.12 bits per heavy atom. The number of anilines is 1. The zero-order valence-electron chi connectivity index (χ0n) is 13.9. The number of hydrogen-bond donors (Lipinski definition) is 0. The number of methoxy groups -OCH3 is 1. The zero-order chi connectivity index (χ0) is 17.2. The second-order valence-corrected chi connectivity index (χ2v) is 6.76. The van der Waals surface area contributed by atoms with E-state index in [-0.39, 0.29) is 5.91 Å². The molecule has 1 fully saturated rings. The van der Waals surface area contributed by atoms with Crippen molar-refractivity contribution < 1.29 is 9.53 Å². The van der Waals surface area contributed by atoms with Crippen molar-refractivity contribution in [3.63, 3.8) is 0 Å². The summed E-state index contributed by atoms with van der Waals surface area (Å²) in [5, 5.41) is 0. The third-order valence-corrected chi connectivity index (χ3v) is 5.23. The van der Waals surface area contributed by atoms with Gasteiger partial charge < -0.3 is 14.5 Å². The van der Waals surface area contributed by atoms with E-state index in [1.54, 1.807) is 24.0 Å². The quantitative estimate of drug-likeness (QED) is 0.724. The van der Waals surface area contributed by atoms with Gasteiger partial charge in [0.05, 0.1) is 34.7 Å². The molecule has 1 amide bonds. The standard InChI is InChI=1S/C18H18N4O2S/c1-24-17-5-3-14(11-19-17)21-6-8-22(9-7-21)18(23)13-2-4-15-16(10-13)25-12-20-15/h2-5,10-12H,6-9H2,1H3. The van der Waals surface area contributed by atoms with Crippen molar-refractivity contribution in [2.75, 3.05) is 38.2 Å². The van der Waals surface area contributed by atoms with Crippen molar-refractivity contribution in [1.82, 2.24) is 14.9 Å². The number of ether oxygens (including phenoxy) is 1. The summed E-state index contributed by atoms with van der Waals surface area (Å²) in [7, 11) is 1.61. The van der Waals surface area contributed by atoms with E-state index in [0.29, 0.717) is 19.0 Å². The van der Waals surface area contributed by atoms with Crippen LogP contribution in [0.1, 0.15) is 10.4 Å². The molecule has 0 saturated carbocycles. The summed E-state index contributed by atoms with van der Waals surface area (Å²) >= 11 is 1.56. The molecule has 0 bridgehead atoms. The number of carbonyl (C=O) groups excluding carboxylic acids is 1. The van der Waals surface area contributed by atoms with Gasteiger partial charge in [-0.3, -0.25) is 4.79 Å². The Bertz CT molecular complexity index is 885. The van der Waals surface area contributed by atoms with E-state index < -0.39 is 0 Å². The smallest absolute Gasteiger partial charge is 0.254 e. The van der Waals surface area contributed by atoms with E-state index >= 15 is 0 Å². The van der Waals surface area contributed by atoms with Gasteiger partial charge in [0.15, 0.2) is 0 Å². The van der Waals surface area contributed by atoms with Crippen LogP contribution in [0.15, 0.2) is 42.0 Å². The topological polar surface area (TPSA) is 58.6 Å². The highest BCUT2D eigenvalue weighted by atomic mass is 32.1. The number of amides is 1. The van der Waals surface area contributed by atoms with E-state index in [9.17, 15) is 4.79 Å². The molecule has 1 aromatic carbocycles. The van der Waals surface area contributed by atoms with Crippen LogP contribution in [0.25, 0.3) is 10.2 Å². The van der Waals surface area contributed by atoms with Crippen LogP contribution in [0.5, 0.6) is 5.88 Å². The normalized spacial score (nSPS) is 14.8. The summed E-state index contributed by atoms with van der Waals surface area (Å²) in [5.74, 6) is 0.693. The van der Waals surface area contributed by atoms with Crippen LogP contribution in [-0.2, 0) is 0 Å². The molecule has 1 saturated heterocycles. The summed E-state index contributed by atoms with van der Waals surface area (Å²) in [4.78, 5) is 25.4. The predicted octanol–water partition coefficient (Wildman–Crippen LogP) is 2.66. The highest BCUT2D eigenvalue weighted by Crippen LogP contribution is 2.22. The molecule has 0 aliphatic carbocycles. The lowest BCUT2D eigenvalue weighted by Crippen LogP contribution is -2.48. The number of hydrogen-bond acceptors (Lipinski definition) is 6. The van der Waals surface area contributed by atoms with Gasteiger partial charge in [-0.05, 0) is 24.3 Å². The first kappa shape index (κ1) is 15.8. The van der Waals surface area contributed by atoms with Crippen molar-refractivity contribution in [2.24, 2.45) is 0 Å². The molecule has 7 heteroatoms. The predicted molar refractivity (Wildman–Crippen MR) is 98.5 cm³/mol. The maximum absolute atomic E-state index is 12.8. The summed E-state index contributed by atoms with van der Waals surface area (Å²) < 4.78 is 6.14. The maximum Gasteiger partial charge on any atom is 0.254 e. The first-order chi connectivity index (χ1) is 12.2. The molecular weight excluding hydrogens is 336 g/mol. The minimum atomic E-state index is 0.0859. The summed E-state index contributed by atoms with van der Waals surface area (Å²) in [6.45, 7) is 2.99. The van der Waals surface area contributed by atoms with Gasteiger partial charge in [-0.1, -0.05) is 0 Å². The Hall–Kier alpha value is -2.67. The molecule has 0 N–H and O–H groups in total. The average molecular weight is 354 g/mol. The van der Waals surface area contributed by atoms with Gasteiger partial charge in [-0.25, -0.2) is 9.97 Å². The number of carbonyl (C=O) groups is 1. The van der Waals surface area contributed by atoms with Gasteiger partial charge in [0.25, 0.3) is 5.91 Å². The Morgan fingerprint density at radius 3 is 2.68 bits per heavy atom. The lowest BCUT2D eigenvalue weighted by molar-refractivity contribution is 0.0747. The molecule has 3 aromatic rings. The monoisotopic (exact) mass is 354 g/mol. The molecule has 25 heavy (non-hydrogen) atoms. The van der Waals surface area contributed by atoms with Crippen LogP contribution in [0.2, 0.25) is 0 Å². The van der Waals surface area contributed by atoms with Crippen molar-refractivity contribution in [3.05, 3.63) is 47.6 Å². The van der Waals surface area contributed by atoms with E-state index in [4.69, 9.17) is 4.74 Å². The molecular formula is C18H18N4O2S. The van der Waals surface area contributed by atoms with Gasteiger partial charge in [-0.2, -0.15) is 0 Å². The van der Waals surface area contributed by atoms with Crippen molar-refractivity contribution >= 4 is 33.1 Å². The van der Waals surface area contributed by atoms with Crippen LogP contribution in [0.3, 0.4) is 0 Å². The van der Waals surface area contributed by atoms with Gasteiger partial charge in [0.1, 0.15) is 0 Å². The van der Waals surface area contributed by atoms with Crippen LogP contribution < -0.4 is 9.64 Å². The van der Waals surface area contributed by atoms with Gasteiger partial charge >= 0.3 is 0 Å². The maximum atomic E-state index is 12.8. The number of rotatable bonds is 3. The van der Waals surface area contributed by atoms with Crippen molar-refractivity contribution in [1.29, 1.82) is 0 Å². The molecule has 0 atom stereocenters. The van der Waals surface area contributed by atoms with Crippen molar-refractivity contribution in [2.45, 2.75) is 0 Å². The van der Waals surface area contributed by atoms with Crippen LogP contribution >= 0.6 is 11.3 Å². The molecule has 0 spiro atoms. The van der Waals surface area contributed by atoms with Crippen LogP contribution in [0, 0.1) is 0 Å². The largest absolute Gasteiger partial charge is 0.481 e. The lowest BCUT2D eigenvalue weighted by atomic mass is 10.1. The van der Waals surface area contributed by atoms with Gasteiger partial charge in [0.2, 0.25) is 5.88 Å².